The first-order valence-corrected chi connectivity index (χ1v) is 6.77. The number of anilines is 1. The third-order valence-electron chi connectivity index (χ3n) is 3.27. The van der Waals surface area contributed by atoms with Crippen LogP contribution < -0.4 is 5.32 Å². The predicted molar refractivity (Wildman–Crippen MR) is 78.2 cm³/mol. The van der Waals surface area contributed by atoms with Crippen LogP contribution in [-0.2, 0) is 4.79 Å². The van der Waals surface area contributed by atoms with Crippen LogP contribution in [0.2, 0.25) is 5.02 Å². The minimum Gasteiger partial charge on any atom is -0.326 e. The Morgan fingerprint density at radius 2 is 1.84 bits per heavy atom. The largest absolute Gasteiger partial charge is 0.326 e. The number of nitrogens with one attached hydrogen (secondary N) is 1. The van der Waals surface area contributed by atoms with Crippen LogP contribution in [0.5, 0.6) is 0 Å². The van der Waals surface area contributed by atoms with Crippen LogP contribution in [0.1, 0.15) is 12.8 Å². The lowest BCUT2D eigenvalue weighted by Gasteiger charge is -2.08. The van der Waals surface area contributed by atoms with Crippen molar-refractivity contribution in [3.05, 3.63) is 53.6 Å². The fourth-order valence-electron chi connectivity index (χ4n) is 2.03. The summed E-state index contributed by atoms with van der Waals surface area (Å²) in [6, 6.07) is 15.6. The average molecular weight is 272 g/mol. The molecule has 2 aromatic carbocycles. The first-order chi connectivity index (χ1) is 9.24. The number of hydrogen-bond donors (Lipinski definition) is 1. The molecule has 0 heterocycles. The molecule has 3 rings (SSSR count). The van der Waals surface area contributed by atoms with Gasteiger partial charge in [-0.25, -0.2) is 0 Å². The monoisotopic (exact) mass is 271 g/mol. The van der Waals surface area contributed by atoms with E-state index in [1.54, 1.807) is 0 Å². The first-order valence-electron chi connectivity index (χ1n) is 6.40. The standard InChI is InChI=1S/C16H14ClNO/c17-15-10-13(18-16(19)12-6-7-12)8-9-14(15)11-4-2-1-3-5-11/h1-5,8-10,12H,6-7H2,(H,18,19). The Morgan fingerprint density at radius 3 is 2.47 bits per heavy atom. The van der Waals surface area contributed by atoms with Gasteiger partial charge in [-0.3, -0.25) is 4.79 Å². The molecule has 0 aliphatic heterocycles. The highest BCUT2D eigenvalue weighted by Gasteiger charge is 2.29. The molecule has 0 bridgehead atoms. The van der Waals surface area contributed by atoms with Crippen molar-refractivity contribution in [1.82, 2.24) is 0 Å². The Morgan fingerprint density at radius 1 is 1.11 bits per heavy atom. The molecule has 0 spiro atoms. The van der Waals surface area contributed by atoms with Crippen molar-refractivity contribution in [2.24, 2.45) is 5.92 Å². The SMILES string of the molecule is O=C(Nc1ccc(-c2ccccc2)c(Cl)c1)C1CC1. The molecular formula is C16H14ClNO. The molecule has 96 valence electrons. The highest BCUT2D eigenvalue weighted by atomic mass is 35.5. The fraction of sp³-hybridized carbons (Fsp3) is 0.188. The molecule has 0 radical (unpaired) electrons. The van der Waals surface area contributed by atoms with Crippen molar-refractivity contribution < 1.29 is 4.79 Å². The number of hydrogen-bond acceptors (Lipinski definition) is 1. The molecule has 1 amide bonds. The number of amides is 1. The van der Waals surface area contributed by atoms with E-state index in [-0.39, 0.29) is 11.8 Å². The molecule has 3 heteroatoms. The molecule has 0 saturated heterocycles. The molecule has 0 aromatic heterocycles. The Hall–Kier alpha value is -1.80. The van der Waals surface area contributed by atoms with Gasteiger partial charge in [-0.05, 0) is 30.5 Å². The van der Waals surface area contributed by atoms with E-state index in [4.69, 9.17) is 11.6 Å². The van der Waals surface area contributed by atoms with E-state index in [1.807, 2.05) is 48.5 Å². The number of rotatable bonds is 3. The van der Waals surface area contributed by atoms with Gasteiger partial charge in [-0.2, -0.15) is 0 Å². The lowest BCUT2D eigenvalue weighted by Crippen LogP contribution is -2.13. The maximum absolute atomic E-state index is 11.7. The summed E-state index contributed by atoms with van der Waals surface area (Å²) in [4.78, 5) is 11.7. The molecule has 2 nitrogen and oxygen atoms in total. The second-order valence-electron chi connectivity index (χ2n) is 4.82. The molecule has 1 fully saturated rings. The van der Waals surface area contributed by atoms with Crippen LogP contribution in [0.3, 0.4) is 0 Å². The number of carbonyl (C=O) groups excluding carboxylic acids is 1. The third kappa shape index (κ3) is 2.79. The van der Waals surface area contributed by atoms with Crippen molar-refractivity contribution in [2.45, 2.75) is 12.8 Å². The van der Waals surface area contributed by atoms with Gasteiger partial charge < -0.3 is 5.32 Å². The topological polar surface area (TPSA) is 29.1 Å². The summed E-state index contributed by atoms with van der Waals surface area (Å²) in [7, 11) is 0. The van der Waals surface area contributed by atoms with E-state index < -0.39 is 0 Å². The molecule has 1 aliphatic carbocycles. The van der Waals surface area contributed by atoms with Crippen molar-refractivity contribution >= 4 is 23.2 Å². The Balaban J connectivity index is 1.83. The van der Waals surface area contributed by atoms with Crippen LogP contribution in [0.15, 0.2) is 48.5 Å². The van der Waals surface area contributed by atoms with Gasteiger partial charge in [0.1, 0.15) is 0 Å². The van der Waals surface area contributed by atoms with Gasteiger partial charge in [0, 0.05) is 17.2 Å². The summed E-state index contributed by atoms with van der Waals surface area (Å²) >= 11 is 6.29. The van der Waals surface area contributed by atoms with Gasteiger partial charge in [0.2, 0.25) is 5.91 Å². The molecule has 1 N–H and O–H groups in total. The van der Waals surface area contributed by atoms with Crippen molar-refractivity contribution in [3.8, 4) is 11.1 Å². The predicted octanol–water partition coefficient (Wildman–Crippen LogP) is 4.36. The first kappa shape index (κ1) is 12.2. The summed E-state index contributed by atoms with van der Waals surface area (Å²) in [6.07, 6.45) is 2.00. The summed E-state index contributed by atoms with van der Waals surface area (Å²) in [6.45, 7) is 0. The minimum atomic E-state index is 0.100. The number of halogens is 1. The second-order valence-corrected chi connectivity index (χ2v) is 5.23. The molecule has 2 aromatic rings. The summed E-state index contributed by atoms with van der Waals surface area (Å²) in [5.74, 6) is 0.302. The van der Waals surface area contributed by atoms with Gasteiger partial charge in [0.05, 0.1) is 5.02 Å². The molecule has 1 aliphatic rings. The molecule has 0 unspecified atom stereocenters. The van der Waals surface area contributed by atoms with Crippen LogP contribution in [0.25, 0.3) is 11.1 Å². The number of benzene rings is 2. The van der Waals surface area contributed by atoms with Crippen LogP contribution in [0.4, 0.5) is 5.69 Å². The van der Waals surface area contributed by atoms with Gasteiger partial charge in [-0.1, -0.05) is 48.0 Å². The summed E-state index contributed by atoms with van der Waals surface area (Å²) in [5, 5.41) is 3.55. The van der Waals surface area contributed by atoms with E-state index in [0.717, 1.165) is 29.7 Å². The van der Waals surface area contributed by atoms with E-state index in [9.17, 15) is 4.79 Å². The second kappa shape index (κ2) is 5.06. The molecular weight excluding hydrogens is 258 g/mol. The van der Waals surface area contributed by atoms with Gasteiger partial charge in [0.25, 0.3) is 0 Å². The van der Waals surface area contributed by atoms with Crippen molar-refractivity contribution in [3.63, 3.8) is 0 Å². The Bertz CT molecular complexity index is 605. The smallest absolute Gasteiger partial charge is 0.227 e. The Kier molecular flexibility index (Phi) is 3.26. The molecule has 1 saturated carbocycles. The summed E-state index contributed by atoms with van der Waals surface area (Å²) < 4.78 is 0. The lowest BCUT2D eigenvalue weighted by atomic mass is 10.1. The highest BCUT2D eigenvalue weighted by molar-refractivity contribution is 6.33. The normalized spacial score (nSPS) is 14.2. The van der Waals surface area contributed by atoms with E-state index in [2.05, 4.69) is 5.32 Å². The van der Waals surface area contributed by atoms with Gasteiger partial charge >= 0.3 is 0 Å². The van der Waals surface area contributed by atoms with Crippen molar-refractivity contribution in [2.75, 3.05) is 5.32 Å². The van der Waals surface area contributed by atoms with Crippen LogP contribution in [-0.4, -0.2) is 5.91 Å². The third-order valence-corrected chi connectivity index (χ3v) is 3.58. The van der Waals surface area contributed by atoms with E-state index in [1.165, 1.54) is 0 Å². The van der Waals surface area contributed by atoms with Gasteiger partial charge in [0.15, 0.2) is 0 Å². The van der Waals surface area contributed by atoms with Crippen LogP contribution >= 0.6 is 11.6 Å². The zero-order chi connectivity index (χ0) is 13.2. The zero-order valence-electron chi connectivity index (χ0n) is 10.4. The Labute approximate surface area is 117 Å². The maximum Gasteiger partial charge on any atom is 0.227 e. The quantitative estimate of drug-likeness (QED) is 0.883. The van der Waals surface area contributed by atoms with E-state index in [0.29, 0.717) is 5.02 Å². The van der Waals surface area contributed by atoms with Crippen LogP contribution in [0, 0.1) is 5.92 Å². The van der Waals surface area contributed by atoms with E-state index >= 15 is 0 Å². The van der Waals surface area contributed by atoms with Gasteiger partial charge in [-0.15, -0.1) is 0 Å². The van der Waals surface area contributed by atoms with Crippen molar-refractivity contribution in [1.29, 1.82) is 0 Å². The average Bonchev–Trinajstić information content (AvgIpc) is 3.24. The molecule has 0 atom stereocenters. The molecule has 19 heavy (non-hydrogen) atoms. The lowest BCUT2D eigenvalue weighted by molar-refractivity contribution is -0.117. The zero-order valence-corrected chi connectivity index (χ0v) is 11.2. The summed E-state index contributed by atoms with van der Waals surface area (Å²) in [5.41, 5.74) is 2.82. The maximum atomic E-state index is 11.7. The fourth-order valence-corrected chi connectivity index (χ4v) is 2.32. The number of carbonyl (C=O) groups is 1. The minimum absolute atomic E-state index is 0.100. The highest BCUT2D eigenvalue weighted by Crippen LogP contribution is 2.33.